The first-order valence-electron chi connectivity index (χ1n) is 30.2. The summed E-state index contributed by atoms with van der Waals surface area (Å²) in [6.07, 6.45) is 1.10. The molecule has 9 rings (SSSR count). The van der Waals surface area contributed by atoms with Crippen LogP contribution >= 0.6 is 0 Å². The van der Waals surface area contributed by atoms with Crippen LogP contribution in [0.1, 0.15) is 233 Å². The molecule has 0 heteroatoms. The van der Waals surface area contributed by atoms with Gasteiger partial charge in [0.15, 0.2) is 0 Å². The topological polar surface area (TPSA) is 0 Å². The van der Waals surface area contributed by atoms with Gasteiger partial charge >= 0.3 is 0 Å². The van der Waals surface area contributed by atoms with Crippen LogP contribution in [0.15, 0.2) is 170 Å². The predicted octanol–water partition coefficient (Wildman–Crippen LogP) is 27.7. The van der Waals surface area contributed by atoms with Crippen LogP contribution in [0, 0.1) is 0 Å². The van der Waals surface area contributed by atoms with Crippen molar-refractivity contribution < 1.29 is 0 Å². The Morgan fingerprint density at radius 2 is 0.288 bits per heavy atom. The van der Waals surface area contributed by atoms with Crippen LogP contribution in [0.4, 0.5) is 0 Å². The van der Waals surface area contributed by atoms with E-state index in [0.717, 1.165) is 6.42 Å². The molecule has 0 fully saturated rings. The van der Waals surface area contributed by atoms with E-state index in [9.17, 15) is 0 Å². The van der Waals surface area contributed by atoms with Crippen molar-refractivity contribution in [1.82, 2.24) is 0 Å². The average Bonchev–Trinajstić information content (AvgIpc) is 3.93. The third-order valence-electron chi connectivity index (χ3n) is 7.93. The van der Waals surface area contributed by atoms with Gasteiger partial charge in [-0.25, -0.2) is 0 Å². The summed E-state index contributed by atoms with van der Waals surface area (Å²) < 4.78 is 0. The molecule has 0 unspecified atom stereocenters. The molecule has 1 aliphatic rings. The van der Waals surface area contributed by atoms with E-state index in [0.29, 0.717) is 0 Å². The third kappa shape index (κ3) is 39.0. The second-order valence-corrected chi connectivity index (χ2v) is 10.6. The van der Waals surface area contributed by atoms with Gasteiger partial charge in [-0.2, -0.15) is 0 Å². The summed E-state index contributed by atoms with van der Waals surface area (Å²) in [4.78, 5) is 0. The number of benzene rings is 8. The summed E-state index contributed by atoms with van der Waals surface area (Å²) in [5.41, 5.74) is 5.75. The van der Waals surface area contributed by atoms with Gasteiger partial charge in [0.2, 0.25) is 0 Å². The minimum Gasteiger partial charge on any atom is -0.0683 e. The molecule has 0 nitrogen and oxygen atoms in total. The number of fused-ring (bicyclic) bond motifs is 7. The third-order valence-corrected chi connectivity index (χ3v) is 7.93. The van der Waals surface area contributed by atoms with Crippen molar-refractivity contribution in [1.29, 1.82) is 0 Å². The fourth-order valence-corrected chi connectivity index (χ4v) is 5.84. The minimum absolute atomic E-state index is 1.10. The van der Waals surface area contributed by atoms with Crippen molar-refractivity contribution >= 4 is 43.1 Å². The van der Waals surface area contributed by atoms with Crippen molar-refractivity contribution in [3.8, 4) is 11.1 Å². The van der Waals surface area contributed by atoms with Crippen molar-refractivity contribution in [2.45, 2.75) is 228 Å². The van der Waals surface area contributed by atoms with Crippen molar-refractivity contribution in [3.63, 3.8) is 0 Å². The number of hydrogen-bond acceptors (Lipinski definition) is 0. The molecule has 0 saturated heterocycles. The second-order valence-electron chi connectivity index (χ2n) is 10.6. The van der Waals surface area contributed by atoms with Gasteiger partial charge < -0.3 is 0 Å². The van der Waals surface area contributed by atoms with Crippen molar-refractivity contribution in [2.75, 3.05) is 0 Å². The van der Waals surface area contributed by atoms with Crippen LogP contribution < -0.4 is 0 Å². The van der Waals surface area contributed by atoms with Crippen LogP contribution in [-0.2, 0) is 6.42 Å². The summed E-state index contributed by atoms with van der Waals surface area (Å²) in [5, 5.41) is 10.5. The molecule has 0 spiro atoms. The Balaban J connectivity index is -0.0000000801. The normalized spacial score (nSPS) is 7.67. The van der Waals surface area contributed by atoms with Gasteiger partial charge in [-0.1, -0.05) is 367 Å². The molecule has 0 aliphatic heterocycles. The maximum absolute atomic E-state index is 2.24. The first-order valence-corrected chi connectivity index (χ1v) is 30.2. The Morgan fingerprint density at radius 3 is 0.438 bits per heavy atom. The summed E-state index contributed by atoms with van der Waals surface area (Å²) in [5.74, 6) is 0. The molecule has 1 aliphatic carbocycles. The minimum atomic E-state index is 1.10. The van der Waals surface area contributed by atoms with E-state index in [4.69, 9.17) is 0 Å². The van der Waals surface area contributed by atoms with Crippen LogP contribution in [-0.4, -0.2) is 0 Å². The molecular formula is C73H126. The highest BCUT2D eigenvalue weighted by Crippen LogP contribution is 2.35. The lowest BCUT2D eigenvalue weighted by Crippen LogP contribution is -1.77. The molecule has 0 heterocycles. The molecule has 8 aromatic carbocycles. The lowest BCUT2D eigenvalue weighted by Gasteiger charge is -2.00. The predicted molar refractivity (Wildman–Crippen MR) is 359 cm³/mol. The summed E-state index contributed by atoms with van der Waals surface area (Å²) >= 11 is 0. The van der Waals surface area contributed by atoms with E-state index in [1.807, 2.05) is 222 Å². The Bertz CT molecular complexity index is 1770. The summed E-state index contributed by atoms with van der Waals surface area (Å²) in [6.45, 7) is 64.0. The first kappa shape index (κ1) is 90.6. The highest BCUT2D eigenvalue weighted by Gasteiger charge is 2.15. The molecule has 8 aromatic rings. The van der Waals surface area contributed by atoms with E-state index >= 15 is 0 Å². The molecule has 73 heavy (non-hydrogen) atoms. The fraction of sp³-hybridized carbons (Fsp3) is 0.452. The highest BCUT2D eigenvalue weighted by molar-refractivity contribution is 5.99. The summed E-state index contributed by atoms with van der Waals surface area (Å²) in [6, 6.07) is 60.2. The molecule has 0 bridgehead atoms. The Kier molecular flexibility index (Phi) is 100. The van der Waals surface area contributed by atoms with Gasteiger partial charge in [0.25, 0.3) is 0 Å². The molecule has 0 saturated carbocycles. The maximum Gasteiger partial charge on any atom is -0.00135 e. The van der Waals surface area contributed by atoms with E-state index in [-0.39, 0.29) is 0 Å². The van der Waals surface area contributed by atoms with Crippen molar-refractivity contribution in [2.24, 2.45) is 0 Å². The van der Waals surface area contributed by atoms with Crippen LogP contribution in [0.25, 0.3) is 54.2 Å². The van der Waals surface area contributed by atoms with Gasteiger partial charge in [-0.15, -0.1) is 0 Å². The Morgan fingerprint density at radius 1 is 0.164 bits per heavy atom. The molecular weight excluding hydrogens is 877 g/mol. The van der Waals surface area contributed by atoms with Crippen LogP contribution in [0.3, 0.4) is 0 Å². The zero-order valence-corrected chi connectivity index (χ0v) is 54.9. The lowest BCUT2D eigenvalue weighted by atomic mass is 10.0. The highest BCUT2D eigenvalue weighted by atomic mass is 14.2. The molecule has 0 amide bonds. The zero-order valence-electron chi connectivity index (χ0n) is 54.9. The maximum atomic E-state index is 2.24. The average molecular weight is 1000 g/mol. The quantitative estimate of drug-likeness (QED) is 0.133. The van der Waals surface area contributed by atoms with Gasteiger partial charge in [-0.05, 0) is 96.0 Å². The second kappa shape index (κ2) is 80.9. The molecule has 0 N–H and O–H groups in total. The van der Waals surface area contributed by atoms with Crippen LogP contribution in [0.5, 0.6) is 0 Å². The van der Waals surface area contributed by atoms with Gasteiger partial charge in [0.1, 0.15) is 0 Å². The fourth-order valence-electron chi connectivity index (χ4n) is 5.84. The van der Waals surface area contributed by atoms with E-state index in [2.05, 4.69) is 170 Å². The summed E-state index contributed by atoms with van der Waals surface area (Å²) in [7, 11) is 0. The number of rotatable bonds is 0. The van der Waals surface area contributed by atoms with Crippen molar-refractivity contribution in [3.05, 3.63) is 181 Å². The Hall–Kier alpha value is -5.20. The standard InChI is InChI=1S/2C14H10.C13H10.16C2H6/c2*1-2-6-12-10-14-8-4-3-7-13(14)9-11(12)5-1;1-3-7-12-10(5-1)9-11-6-2-4-8-13(11)12;16*1-2/h2*1-10H;1-8H,9H2;16*1-2H3. The molecule has 418 valence electrons. The van der Waals surface area contributed by atoms with Gasteiger partial charge in [0, 0.05) is 0 Å². The first-order chi connectivity index (χ1) is 36.3. The number of hydrogen-bond donors (Lipinski definition) is 0. The Labute approximate surface area is 460 Å². The van der Waals surface area contributed by atoms with Gasteiger partial charge in [-0.3, -0.25) is 0 Å². The van der Waals surface area contributed by atoms with Crippen LogP contribution in [0.2, 0.25) is 0 Å². The smallest absolute Gasteiger partial charge is 0.00135 e. The van der Waals surface area contributed by atoms with E-state index in [1.54, 1.807) is 0 Å². The molecule has 0 radical (unpaired) electrons. The molecule has 0 aromatic heterocycles. The largest absolute Gasteiger partial charge is 0.0683 e. The monoisotopic (exact) mass is 1000 g/mol. The van der Waals surface area contributed by atoms with E-state index < -0.39 is 0 Å². The van der Waals surface area contributed by atoms with Gasteiger partial charge in [0.05, 0.1) is 0 Å². The van der Waals surface area contributed by atoms with E-state index in [1.165, 1.54) is 65.3 Å². The SMILES string of the molecule is CC.CC.CC.CC.CC.CC.CC.CC.CC.CC.CC.CC.CC.CC.CC.CC.c1ccc2c(c1)Cc1ccccc1-2.c1ccc2cc3ccccc3cc2c1.c1ccc2cc3ccccc3cc2c1. The zero-order chi connectivity index (χ0) is 59.4. The lowest BCUT2D eigenvalue weighted by molar-refractivity contribution is 1.26. The molecule has 0 atom stereocenters.